The molecular formula is C25H22ClN3O4. The van der Waals surface area contributed by atoms with Gasteiger partial charge in [0.2, 0.25) is 5.91 Å². The highest BCUT2D eigenvalue weighted by Crippen LogP contribution is 2.15. The maximum atomic E-state index is 13.0. The van der Waals surface area contributed by atoms with Crippen LogP contribution in [-0.4, -0.2) is 22.2 Å². The van der Waals surface area contributed by atoms with Gasteiger partial charge in [0.15, 0.2) is 0 Å². The zero-order valence-corrected chi connectivity index (χ0v) is 18.7. The number of halogens is 1. The molecule has 0 aliphatic rings. The Hall–Kier alpha value is -3.84. The maximum absolute atomic E-state index is 13.0. The SMILES string of the molecule is COc1ccc(CNC(=O)Cn2c(=O)c(=O)n(Cc3ccc(Cl)cc3)c3ccccc32)cc1. The number of methoxy groups -OCH3 is 1. The van der Waals surface area contributed by atoms with E-state index < -0.39 is 11.1 Å². The van der Waals surface area contributed by atoms with Crippen LogP contribution in [0.2, 0.25) is 5.02 Å². The number of ether oxygens (including phenoxy) is 1. The lowest BCUT2D eigenvalue weighted by Gasteiger charge is -2.15. The molecule has 4 rings (SSSR count). The molecule has 0 saturated heterocycles. The molecule has 1 aromatic heterocycles. The van der Waals surface area contributed by atoms with Crippen LogP contribution in [0.15, 0.2) is 82.4 Å². The Morgan fingerprint density at radius 3 is 2.06 bits per heavy atom. The molecule has 1 N–H and O–H groups in total. The normalized spacial score (nSPS) is 10.8. The highest BCUT2D eigenvalue weighted by atomic mass is 35.5. The van der Waals surface area contributed by atoms with Gasteiger partial charge in [-0.2, -0.15) is 0 Å². The van der Waals surface area contributed by atoms with E-state index in [9.17, 15) is 14.4 Å². The Kier molecular flexibility index (Phi) is 6.60. The monoisotopic (exact) mass is 463 g/mol. The van der Waals surface area contributed by atoms with E-state index in [1.165, 1.54) is 9.13 Å². The second-order valence-corrected chi connectivity index (χ2v) is 7.96. The minimum absolute atomic E-state index is 0.219. The molecule has 168 valence electrons. The van der Waals surface area contributed by atoms with Crippen molar-refractivity contribution in [3.05, 3.63) is 110 Å². The summed E-state index contributed by atoms with van der Waals surface area (Å²) in [5.41, 5.74) is 1.37. The van der Waals surface area contributed by atoms with E-state index in [0.717, 1.165) is 16.9 Å². The molecule has 4 aromatic rings. The fraction of sp³-hybridized carbons (Fsp3) is 0.160. The lowest BCUT2D eigenvalue weighted by Crippen LogP contribution is -2.44. The lowest BCUT2D eigenvalue weighted by molar-refractivity contribution is -0.121. The van der Waals surface area contributed by atoms with E-state index in [-0.39, 0.29) is 19.0 Å². The van der Waals surface area contributed by atoms with Crippen LogP contribution in [0.1, 0.15) is 11.1 Å². The second kappa shape index (κ2) is 9.75. The molecule has 1 amide bonds. The maximum Gasteiger partial charge on any atom is 0.317 e. The molecule has 8 heteroatoms. The smallest absolute Gasteiger partial charge is 0.317 e. The largest absolute Gasteiger partial charge is 0.497 e. The minimum Gasteiger partial charge on any atom is -0.497 e. The van der Waals surface area contributed by atoms with Gasteiger partial charge < -0.3 is 10.1 Å². The van der Waals surface area contributed by atoms with Crippen LogP contribution >= 0.6 is 11.6 Å². The number of nitrogens with zero attached hydrogens (tertiary/aromatic N) is 2. The summed E-state index contributed by atoms with van der Waals surface area (Å²) in [5.74, 6) is 0.357. The summed E-state index contributed by atoms with van der Waals surface area (Å²) >= 11 is 5.95. The molecule has 1 heterocycles. The quantitative estimate of drug-likeness (QED) is 0.427. The Labute approximate surface area is 194 Å². The summed E-state index contributed by atoms with van der Waals surface area (Å²) in [4.78, 5) is 38.5. The third kappa shape index (κ3) is 4.99. The standard InChI is InChI=1S/C25H22ClN3O4/c1-33-20-12-8-17(9-13-20)14-27-23(30)16-29-22-5-3-2-4-21(22)28(24(31)25(29)32)15-18-6-10-19(26)11-7-18/h2-13H,14-16H2,1H3,(H,27,30). The zero-order valence-electron chi connectivity index (χ0n) is 18.0. The number of carbonyl (C=O) groups excluding carboxylic acids is 1. The summed E-state index contributed by atoms with van der Waals surface area (Å²) in [6.45, 7) is 0.256. The van der Waals surface area contributed by atoms with Crippen molar-refractivity contribution in [3.63, 3.8) is 0 Å². The van der Waals surface area contributed by atoms with Crippen molar-refractivity contribution in [2.45, 2.75) is 19.6 Å². The van der Waals surface area contributed by atoms with E-state index in [0.29, 0.717) is 22.6 Å². The Bertz CT molecular complexity index is 1410. The topological polar surface area (TPSA) is 82.3 Å². The van der Waals surface area contributed by atoms with Gasteiger partial charge in [-0.05, 0) is 47.5 Å². The molecule has 0 saturated carbocycles. The van der Waals surface area contributed by atoms with Crippen LogP contribution < -0.4 is 21.2 Å². The summed E-state index contributed by atoms with van der Waals surface area (Å²) in [6, 6.07) is 21.4. The molecule has 0 aliphatic heterocycles. The summed E-state index contributed by atoms with van der Waals surface area (Å²) in [6.07, 6.45) is 0. The molecule has 0 aliphatic carbocycles. The van der Waals surface area contributed by atoms with Gasteiger partial charge >= 0.3 is 11.1 Å². The van der Waals surface area contributed by atoms with E-state index >= 15 is 0 Å². The average Bonchev–Trinajstić information content (AvgIpc) is 2.84. The Balaban J connectivity index is 1.60. The van der Waals surface area contributed by atoms with Crippen LogP contribution in [-0.2, 0) is 24.4 Å². The highest BCUT2D eigenvalue weighted by molar-refractivity contribution is 6.30. The number of rotatable bonds is 7. The second-order valence-electron chi connectivity index (χ2n) is 7.52. The first kappa shape index (κ1) is 22.4. The van der Waals surface area contributed by atoms with E-state index in [2.05, 4.69) is 5.32 Å². The number of hydrogen-bond acceptors (Lipinski definition) is 4. The molecule has 0 fully saturated rings. The van der Waals surface area contributed by atoms with Crippen molar-refractivity contribution in [2.75, 3.05) is 7.11 Å². The molecule has 0 atom stereocenters. The van der Waals surface area contributed by atoms with Gasteiger partial charge in [0.05, 0.1) is 24.7 Å². The highest BCUT2D eigenvalue weighted by Gasteiger charge is 2.15. The zero-order chi connectivity index (χ0) is 23.4. The third-order valence-electron chi connectivity index (χ3n) is 5.34. The van der Waals surface area contributed by atoms with E-state index in [1.54, 1.807) is 55.6 Å². The molecule has 0 bridgehead atoms. The van der Waals surface area contributed by atoms with Gasteiger partial charge in [0, 0.05) is 11.6 Å². The van der Waals surface area contributed by atoms with Gasteiger partial charge in [0.1, 0.15) is 12.3 Å². The van der Waals surface area contributed by atoms with Crippen LogP contribution in [0.4, 0.5) is 0 Å². The van der Waals surface area contributed by atoms with Gasteiger partial charge in [-0.1, -0.05) is 48.0 Å². The molecule has 0 radical (unpaired) electrons. The number of hydrogen-bond donors (Lipinski definition) is 1. The van der Waals surface area contributed by atoms with E-state index in [4.69, 9.17) is 16.3 Å². The first-order valence-electron chi connectivity index (χ1n) is 10.3. The Morgan fingerprint density at radius 2 is 1.42 bits per heavy atom. The fourth-order valence-electron chi connectivity index (χ4n) is 3.60. The van der Waals surface area contributed by atoms with Crippen LogP contribution in [0.25, 0.3) is 11.0 Å². The predicted molar refractivity (Wildman–Crippen MR) is 128 cm³/mol. The molecule has 0 spiro atoms. The number of nitrogens with one attached hydrogen (secondary N) is 1. The Morgan fingerprint density at radius 1 is 0.848 bits per heavy atom. The van der Waals surface area contributed by atoms with Crippen molar-refractivity contribution < 1.29 is 9.53 Å². The van der Waals surface area contributed by atoms with Crippen molar-refractivity contribution in [1.82, 2.24) is 14.5 Å². The van der Waals surface area contributed by atoms with Crippen molar-refractivity contribution in [1.29, 1.82) is 0 Å². The van der Waals surface area contributed by atoms with Crippen LogP contribution in [0.3, 0.4) is 0 Å². The van der Waals surface area contributed by atoms with Crippen molar-refractivity contribution in [2.24, 2.45) is 0 Å². The molecular weight excluding hydrogens is 442 g/mol. The molecule has 33 heavy (non-hydrogen) atoms. The van der Waals surface area contributed by atoms with E-state index in [1.807, 2.05) is 24.3 Å². The summed E-state index contributed by atoms with van der Waals surface area (Å²) in [7, 11) is 1.59. The van der Waals surface area contributed by atoms with Crippen LogP contribution in [0.5, 0.6) is 5.75 Å². The van der Waals surface area contributed by atoms with Crippen molar-refractivity contribution >= 4 is 28.5 Å². The van der Waals surface area contributed by atoms with Gasteiger partial charge in [0.25, 0.3) is 0 Å². The fourth-order valence-corrected chi connectivity index (χ4v) is 3.73. The summed E-state index contributed by atoms with van der Waals surface area (Å²) < 4.78 is 7.77. The first-order chi connectivity index (χ1) is 16.0. The average molecular weight is 464 g/mol. The predicted octanol–water partition coefficient (Wildman–Crippen LogP) is 3.19. The lowest BCUT2D eigenvalue weighted by atomic mass is 10.2. The number of aromatic nitrogens is 2. The first-order valence-corrected chi connectivity index (χ1v) is 10.7. The van der Waals surface area contributed by atoms with Crippen molar-refractivity contribution in [3.8, 4) is 5.75 Å². The van der Waals surface area contributed by atoms with Crippen LogP contribution in [0, 0.1) is 0 Å². The van der Waals surface area contributed by atoms with Gasteiger partial charge in [-0.25, -0.2) is 0 Å². The number of amides is 1. The molecule has 3 aromatic carbocycles. The number of fused-ring (bicyclic) bond motifs is 1. The molecule has 7 nitrogen and oxygen atoms in total. The third-order valence-corrected chi connectivity index (χ3v) is 5.59. The molecule has 0 unspecified atom stereocenters. The summed E-state index contributed by atoms with van der Waals surface area (Å²) in [5, 5.41) is 3.39. The van der Waals surface area contributed by atoms with Gasteiger partial charge in [-0.15, -0.1) is 0 Å². The number of benzene rings is 3. The minimum atomic E-state index is -0.748. The van der Waals surface area contributed by atoms with Gasteiger partial charge in [-0.3, -0.25) is 23.5 Å². The number of para-hydroxylation sites is 2. The number of carbonyl (C=O) groups is 1.